The predicted molar refractivity (Wildman–Crippen MR) is 88.6 cm³/mol. The molecule has 124 valence electrons. The van der Waals surface area contributed by atoms with E-state index in [1.54, 1.807) is 0 Å². The van der Waals surface area contributed by atoms with E-state index in [-0.39, 0.29) is 12.1 Å². The van der Waals surface area contributed by atoms with E-state index in [0.717, 1.165) is 12.8 Å². The van der Waals surface area contributed by atoms with Gasteiger partial charge in [0.25, 0.3) is 0 Å². The molecule has 1 aliphatic heterocycles. The molecule has 1 aliphatic carbocycles. The van der Waals surface area contributed by atoms with Crippen LogP contribution >= 0.6 is 0 Å². The Balaban J connectivity index is 2.02. The van der Waals surface area contributed by atoms with Crippen molar-refractivity contribution in [3.63, 3.8) is 0 Å². The number of nitrogens with zero attached hydrogens (tertiary/aromatic N) is 2. The molecule has 0 bridgehead atoms. The van der Waals surface area contributed by atoms with Gasteiger partial charge in [0.05, 0.1) is 6.61 Å². The van der Waals surface area contributed by atoms with Gasteiger partial charge in [0, 0.05) is 30.2 Å². The maximum Gasteiger partial charge on any atom is 0.0613 e. The monoisotopic (exact) mass is 297 g/mol. The summed E-state index contributed by atoms with van der Waals surface area (Å²) in [6, 6.07) is 1.79. The van der Waals surface area contributed by atoms with Crippen LogP contribution in [0.1, 0.15) is 52.4 Å². The third-order valence-corrected chi connectivity index (χ3v) is 5.18. The fourth-order valence-electron chi connectivity index (χ4n) is 4.50. The van der Waals surface area contributed by atoms with E-state index in [1.165, 1.54) is 38.8 Å². The van der Waals surface area contributed by atoms with Gasteiger partial charge in [-0.2, -0.15) is 0 Å². The molecule has 0 aromatic rings. The van der Waals surface area contributed by atoms with Crippen molar-refractivity contribution in [3.8, 4) is 0 Å². The molecular formula is C17H35N3O. The summed E-state index contributed by atoms with van der Waals surface area (Å²) in [6.45, 7) is 7.05. The number of likely N-dealkylation sites (N-methyl/N-ethyl adjacent to an activating group) is 1. The Morgan fingerprint density at radius 1 is 1.29 bits per heavy atom. The number of hydrogen-bond acceptors (Lipinski definition) is 4. The van der Waals surface area contributed by atoms with Crippen molar-refractivity contribution in [2.45, 2.75) is 76.0 Å². The molecule has 4 heteroatoms. The van der Waals surface area contributed by atoms with Gasteiger partial charge in [-0.05, 0) is 59.2 Å². The third-order valence-electron chi connectivity index (χ3n) is 5.18. The molecular weight excluding hydrogens is 262 g/mol. The van der Waals surface area contributed by atoms with Crippen LogP contribution in [0.3, 0.4) is 0 Å². The molecule has 0 aromatic carbocycles. The van der Waals surface area contributed by atoms with Crippen LogP contribution in [-0.4, -0.2) is 72.4 Å². The standard InChI is InChI=1S/C17H35N3O/c1-14(2)18-17(13-21)9-5-7-15(11-17)20-10-6-8-16(20)12-19(3)4/h14-16,18,21H,5-13H2,1-4H3. The lowest BCUT2D eigenvalue weighted by Gasteiger charge is -2.46. The van der Waals surface area contributed by atoms with Crippen LogP contribution in [0.25, 0.3) is 0 Å². The molecule has 4 nitrogen and oxygen atoms in total. The first-order chi connectivity index (χ1) is 9.96. The number of aliphatic hydroxyl groups excluding tert-OH is 1. The SMILES string of the molecule is CC(C)NC1(CO)CCCC(N2CCCC2CN(C)C)C1. The van der Waals surface area contributed by atoms with Crippen LogP contribution in [0, 0.1) is 0 Å². The molecule has 1 saturated heterocycles. The zero-order chi connectivity index (χ0) is 15.5. The second kappa shape index (κ2) is 7.40. The van der Waals surface area contributed by atoms with Gasteiger partial charge >= 0.3 is 0 Å². The predicted octanol–water partition coefficient (Wildman–Crippen LogP) is 1.68. The van der Waals surface area contributed by atoms with E-state index in [1.807, 2.05) is 0 Å². The number of hydrogen-bond donors (Lipinski definition) is 2. The van der Waals surface area contributed by atoms with E-state index in [0.29, 0.717) is 18.1 Å². The average molecular weight is 297 g/mol. The van der Waals surface area contributed by atoms with Crippen LogP contribution in [0.2, 0.25) is 0 Å². The highest BCUT2D eigenvalue weighted by Crippen LogP contribution is 2.35. The Bertz CT molecular complexity index is 321. The molecule has 0 radical (unpaired) electrons. The summed E-state index contributed by atoms with van der Waals surface area (Å²) >= 11 is 0. The van der Waals surface area contributed by atoms with Gasteiger partial charge in [-0.25, -0.2) is 0 Å². The normalized spacial score (nSPS) is 35.0. The maximum atomic E-state index is 9.97. The smallest absolute Gasteiger partial charge is 0.0613 e. The Labute approximate surface area is 130 Å². The van der Waals surface area contributed by atoms with Crippen LogP contribution in [0.5, 0.6) is 0 Å². The molecule has 0 aromatic heterocycles. The zero-order valence-electron chi connectivity index (χ0n) is 14.4. The summed E-state index contributed by atoms with van der Waals surface area (Å²) in [5, 5.41) is 13.6. The average Bonchev–Trinajstić information content (AvgIpc) is 2.85. The van der Waals surface area contributed by atoms with Crippen molar-refractivity contribution in [1.82, 2.24) is 15.1 Å². The van der Waals surface area contributed by atoms with Gasteiger partial charge in [-0.3, -0.25) is 4.90 Å². The largest absolute Gasteiger partial charge is 0.394 e. The summed E-state index contributed by atoms with van der Waals surface area (Å²) in [4.78, 5) is 5.06. The second-order valence-electron chi connectivity index (χ2n) is 7.78. The Morgan fingerprint density at radius 3 is 2.67 bits per heavy atom. The third kappa shape index (κ3) is 4.41. The zero-order valence-corrected chi connectivity index (χ0v) is 14.4. The molecule has 2 N–H and O–H groups in total. The fourth-order valence-corrected chi connectivity index (χ4v) is 4.50. The lowest BCUT2D eigenvalue weighted by Crippen LogP contribution is -2.58. The van der Waals surface area contributed by atoms with Crippen LogP contribution in [-0.2, 0) is 0 Å². The van der Waals surface area contributed by atoms with E-state index >= 15 is 0 Å². The van der Waals surface area contributed by atoms with Crippen LogP contribution in [0.4, 0.5) is 0 Å². The minimum atomic E-state index is -0.0532. The van der Waals surface area contributed by atoms with E-state index in [9.17, 15) is 5.11 Å². The van der Waals surface area contributed by atoms with Gasteiger partial charge in [-0.15, -0.1) is 0 Å². The van der Waals surface area contributed by atoms with Crippen molar-refractivity contribution < 1.29 is 5.11 Å². The lowest BCUT2D eigenvalue weighted by atomic mass is 9.78. The molecule has 3 unspecified atom stereocenters. The fraction of sp³-hybridized carbons (Fsp3) is 1.00. The first-order valence-electron chi connectivity index (χ1n) is 8.75. The highest BCUT2D eigenvalue weighted by Gasteiger charge is 2.40. The molecule has 2 aliphatic rings. The number of aliphatic hydroxyl groups is 1. The first-order valence-corrected chi connectivity index (χ1v) is 8.75. The highest BCUT2D eigenvalue weighted by atomic mass is 16.3. The molecule has 2 rings (SSSR count). The second-order valence-corrected chi connectivity index (χ2v) is 7.78. The van der Waals surface area contributed by atoms with Gasteiger partial charge in [-0.1, -0.05) is 13.8 Å². The summed E-state index contributed by atoms with van der Waals surface area (Å²) in [7, 11) is 4.35. The molecule has 0 spiro atoms. The highest BCUT2D eigenvalue weighted by molar-refractivity contribution is 4.99. The van der Waals surface area contributed by atoms with E-state index < -0.39 is 0 Å². The quantitative estimate of drug-likeness (QED) is 0.782. The molecule has 21 heavy (non-hydrogen) atoms. The molecule has 3 atom stereocenters. The van der Waals surface area contributed by atoms with Gasteiger partial charge in [0.2, 0.25) is 0 Å². The summed E-state index contributed by atoms with van der Waals surface area (Å²) in [5.74, 6) is 0. The number of nitrogens with one attached hydrogen (secondary N) is 1. The number of likely N-dealkylation sites (tertiary alicyclic amines) is 1. The summed E-state index contributed by atoms with van der Waals surface area (Å²) < 4.78 is 0. The minimum Gasteiger partial charge on any atom is -0.394 e. The molecule has 2 fully saturated rings. The number of rotatable bonds is 6. The van der Waals surface area contributed by atoms with E-state index in [2.05, 4.69) is 43.1 Å². The Hall–Kier alpha value is -0.160. The van der Waals surface area contributed by atoms with Gasteiger partial charge in [0.15, 0.2) is 0 Å². The van der Waals surface area contributed by atoms with E-state index in [4.69, 9.17) is 0 Å². The molecule has 1 saturated carbocycles. The maximum absolute atomic E-state index is 9.97. The Morgan fingerprint density at radius 2 is 2.05 bits per heavy atom. The topological polar surface area (TPSA) is 38.7 Å². The van der Waals surface area contributed by atoms with Crippen molar-refractivity contribution in [2.24, 2.45) is 0 Å². The van der Waals surface area contributed by atoms with Crippen molar-refractivity contribution in [2.75, 3.05) is 33.8 Å². The lowest BCUT2D eigenvalue weighted by molar-refractivity contribution is 0.0444. The first kappa shape index (κ1) is 17.2. The summed E-state index contributed by atoms with van der Waals surface area (Å²) in [6.07, 6.45) is 7.41. The minimum absolute atomic E-state index is 0.0532. The molecule has 0 amide bonds. The van der Waals surface area contributed by atoms with Gasteiger partial charge < -0.3 is 15.3 Å². The van der Waals surface area contributed by atoms with Crippen LogP contribution in [0.15, 0.2) is 0 Å². The van der Waals surface area contributed by atoms with Crippen molar-refractivity contribution in [1.29, 1.82) is 0 Å². The Kier molecular flexibility index (Phi) is 6.06. The molecule has 1 heterocycles. The summed E-state index contributed by atoms with van der Waals surface area (Å²) in [5.41, 5.74) is -0.0532. The van der Waals surface area contributed by atoms with Crippen LogP contribution < -0.4 is 5.32 Å². The van der Waals surface area contributed by atoms with Crippen molar-refractivity contribution in [3.05, 3.63) is 0 Å². The van der Waals surface area contributed by atoms with Gasteiger partial charge in [0.1, 0.15) is 0 Å². The van der Waals surface area contributed by atoms with Crippen molar-refractivity contribution >= 4 is 0 Å².